The number of carbonyl (C=O) groups excluding carboxylic acids is 1. The van der Waals surface area contributed by atoms with Crippen molar-refractivity contribution < 1.29 is 4.79 Å². The Morgan fingerprint density at radius 2 is 1.37 bits per heavy atom. The average Bonchev–Trinajstić information content (AvgIpc) is 2.68. The first-order chi connectivity index (χ1) is 14.1. The number of amides is 1. The third kappa shape index (κ3) is 5.66. The Kier molecular flexibility index (Phi) is 6.56. The summed E-state index contributed by atoms with van der Waals surface area (Å²) in [4.78, 5) is 17.3. The Morgan fingerprint density at radius 1 is 0.867 bits per heavy atom. The summed E-state index contributed by atoms with van der Waals surface area (Å²) in [7, 11) is 0. The van der Waals surface area contributed by atoms with Gasteiger partial charge in [0.15, 0.2) is 0 Å². The lowest BCUT2D eigenvalue weighted by atomic mass is 10.0. The molecule has 1 atom stereocenters. The SMILES string of the molecule is Cc1ccc(-c2nnc(S[C@@H](C)C(=O)NC(C)(C)C)nc2-c2ccc(C)cc2)cc1. The topological polar surface area (TPSA) is 67.8 Å². The number of rotatable bonds is 5. The maximum absolute atomic E-state index is 12.5. The molecule has 5 nitrogen and oxygen atoms in total. The number of benzene rings is 2. The van der Waals surface area contributed by atoms with E-state index in [0.717, 1.165) is 22.5 Å². The maximum Gasteiger partial charge on any atom is 0.233 e. The van der Waals surface area contributed by atoms with E-state index < -0.39 is 0 Å². The minimum atomic E-state index is -0.331. The molecule has 0 saturated carbocycles. The van der Waals surface area contributed by atoms with E-state index in [1.165, 1.54) is 22.9 Å². The first-order valence-electron chi connectivity index (χ1n) is 10.00. The quantitative estimate of drug-likeness (QED) is 0.573. The average molecular weight is 421 g/mol. The van der Waals surface area contributed by atoms with E-state index in [0.29, 0.717) is 5.16 Å². The van der Waals surface area contributed by atoms with Crippen LogP contribution in [0.4, 0.5) is 0 Å². The molecule has 0 aliphatic rings. The van der Waals surface area contributed by atoms with E-state index in [2.05, 4.69) is 53.6 Å². The van der Waals surface area contributed by atoms with Crippen molar-refractivity contribution in [1.82, 2.24) is 20.5 Å². The molecular formula is C24H28N4OS. The summed E-state index contributed by atoms with van der Waals surface area (Å²) in [5, 5.41) is 12.0. The number of aryl methyl sites for hydroxylation is 2. The number of hydrogen-bond donors (Lipinski definition) is 1. The smallest absolute Gasteiger partial charge is 0.233 e. The van der Waals surface area contributed by atoms with Gasteiger partial charge in [-0.15, -0.1) is 10.2 Å². The summed E-state index contributed by atoms with van der Waals surface area (Å²) in [6.07, 6.45) is 0. The van der Waals surface area contributed by atoms with Crippen LogP contribution in [0, 0.1) is 13.8 Å². The minimum absolute atomic E-state index is 0.0457. The lowest BCUT2D eigenvalue weighted by molar-refractivity contribution is -0.121. The van der Waals surface area contributed by atoms with Crippen LogP contribution >= 0.6 is 11.8 Å². The number of nitrogens with zero attached hydrogens (tertiary/aromatic N) is 3. The van der Waals surface area contributed by atoms with Crippen molar-refractivity contribution in [2.75, 3.05) is 0 Å². The standard InChI is InChI=1S/C24H28N4OS/c1-15-7-11-18(12-8-15)20-21(19-13-9-16(2)10-14-19)27-28-23(25-20)30-17(3)22(29)26-24(4,5)6/h7-14,17H,1-6H3,(H,26,29)/t17-/m0/s1. The largest absolute Gasteiger partial charge is 0.351 e. The summed E-state index contributed by atoms with van der Waals surface area (Å²) >= 11 is 1.31. The van der Waals surface area contributed by atoms with Gasteiger partial charge in [0.05, 0.1) is 5.25 Å². The van der Waals surface area contributed by atoms with Crippen molar-refractivity contribution in [3.8, 4) is 22.5 Å². The molecule has 1 amide bonds. The molecule has 1 heterocycles. The van der Waals surface area contributed by atoms with Crippen LogP contribution in [0.25, 0.3) is 22.5 Å². The lowest BCUT2D eigenvalue weighted by Gasteiger charge is -2.22. The van der Waals surface area contributed by atoms with Crippen molar-refractivity contribution >= 4 is 17.7 Å². The van der Waals surface area contributed by atoms with Gasteiger partial charge in [0.25, 0.3) is 0 Å². The zero-order chi connectivity index (χ0) is 21.9. The molecule has 0 fully saturated rings. The minimum Gasteiger partial charge on any atom is -0.351 e. The summed E-state index contributed by atoms with van der Waals surface area (Å²) in [6.45, 7) is 11.9. The number of aromatic nitrogens is 3. The Balaban J connectivity index is 1.97. The van der Waals surface area contributed by atoms with Crippen LogP contribution in [-0.2, 0) is 4.79 Å². The Morgan fingerprint density at radius 3 is 1.87 bits per heavy atom. The van der Waals surface area contributed by atoms with Crippen LogP contribution < -0.4 is 5.32 Å². The predicted octanol–water partition coefficient (Wildman–Crippen LogP) is 5.22. The monoisotopic (exact) mass is 420 g/mol. The van der Waals surface area contributed by atoms with Crippen molar-refractivity contribution in [3.05, 3.63) is 59.7 Å². The van der Waals surface area contributed by atoms with Gasteiger partial charge in [-0.05, 0) is 41.5 Å². The van der Waals surface area contributed by atoms with Crippen molar-refractivity contribution in [1.29, 1.82) is 0 Å². The summed E-state index contributed by atoms with van der Waals surface area (Å²) in [6, 6.07) is 16.4. The van der Waals surface area contributed by atoms with Gasteiger partial charge in [0.2, 0.25) is 11.1 Å². The second kappa shape index (κ2) is 8.96. The molecule has 0 unspecified atom stereocenters. The van der Waals surface area contributed by atoms with Gasteiger partial charge < -0.3 is 5.32 Å². The van der Waals surface area contributed by atoms with E-state index in [1.54, 1.807) is 0 Å². The molecule has 3 aromatic rings. The fraction of sp³-hybridized carbons (Fsp3) is 0.333. The van der Waals surface area contributed by atoms with Crippen molar-refractivity contribution in [2.24, 2.45) is 0 Å². The lowest BCUT2D eigenvalue weighted by Crippen LogP contribution is -2.44. The molecule has 2 aromatic carbocycles. The molecule has 156 valence electrons. The Hall–Kier alpha value is -2.73. The first-order valence-corrected chi connectivity index (χ1v) is 10.9. The summed E-state index contributed by atoms with van der Waals surface area (Å²) < 4.78 is 0. The van der Waals surface area contributed by atoms with Gasteiger partial charge in [0, 0.05) is 16.7 Å². The van der Waals surface area contributed by atoms with Crippen LogP contribution in [0.5, 0.6) is 0 Å². The molecule has 1 aromatic heterocycles. The summed E-state index contributed by atoms with van der Waals surface area (Å²) in [5.41, 5.74) is 5.51. The van der Waals surface area contributed by atoms with Crippen molar-refractivity contribution in [3.63, 3.8) is 0 Å². The fourth-order valence-electron chi connectivity index (χ4n) is 2.86. The van der Waals surface area contributed by atoms with E-state index in [1.807, 2.05) is 52.0 Å². The predicted molar refractivity (Wildman–Crippen MR) is 123 cm³/mol. The van der Waals surface area contributed by atoms with Gasteiger partial charge in [-0.2, -0.15) is 0 Å². The van der Waals surface area contributed by atoms with Gasteiger partial charge in [-0.1, -0.05) is 71.4 Å². The highest BCUT2D eigenvalue weighted by atomic mass is 32.2. The molecule has 3 rings (SSSR count). The van der Waals surface area contributed by atoms with E-state index in [4.69, 9.17) is 4.98 Å². The van der Waals surface area contributed by atoms with Gasteiger partial charge in [-0.25, -0.2) is 4.98 Å². The summed E-state index contributed by atoms with van der Waals surface area (Å²) in [5.74, 6) is -0.0457. The molecular weight excluding hydrogens is 392 g/mol. The second-order valence-electron chi connectivity index (χ2n) is 8.52. The van der Waals surface area contributed by atoms with Crippen LogP contribution in [0.15, 0.2) is 53.7 Å². The number of nitrogens with one attached hydrogen (secondary N) is 1. The van der Waals surface area contributed by atoms with Crippen molar-refractivity contribution in [2.45, 2.75) is 57.5 Å². The zero-order valence-corrected chi connectivity index (χ0v) is 19.2. The molecule has 0 bridgehead atoms. The molecule has 6 heteroatoms. The van der Waals surface area contributed by atoms with Crippen LogP contribution in [-0.4, -0.2) is 31.9 Å². The highest BCUT2D eigenvalue weighted by molar-refractivity contribution is 8.00. The Labute approximate surface area is 182 Å². The second-order valence-corrected chi connectivity index (χ2v) is 9.83. The maximum atomic E-state index is 12.5. The van der Waals surface area contributed by atoms with E-state index in [-0.39, 0.29) is 16.7 Å². The first kappa shape index (κ1) is 22.0. The third-order valence-corrected chi connectivity index (χ3v) is 5.42. The van der Waals surface area contributed by atoms with Crippen LogP contribution in [0.1, 0.15) is 38.8 Å². The van der Waals surface area contributed by atoms with Gasteiger partial charge in [-0.3, -0.25) is 4.79 Å². The van der Waals surface area contributed by atoms with Crippen LogP contribution in [0.3, 0.4) is 0 Å². The van der Waals surface area contributed by atoms with E-state index >= 15 is 0 Å². The highest BCUT2D eigenvalue weighted by Crippen LogP contribution is 2.31. The third-order valence-electron chi connectivity index (χ3n) is 4.47. The van der Waals surface area contributed by atoms with Gasteiger partial charge in [0.1, 0.15) is 11.4 Å². The zero-order valence-electron chi connectivity index (χ0n) is 18.4. The highest BCUT2D eigenvalue weighted by Gasteiger charge is 2.22. The number of thioether (sulfide) groups is 1. The molecule has 0 aliphatic carbocycles. The molecule has 0 saturated heterocycles. The molecule has 1 N–H and O–H groups in total. The van der Waals surface area contributed by atoms with Gasteiger partial charge >= 0.3 is 0 Å². The van der Waals surface area contributed by atoms with Crippen LogP contribution in [0.2, 0.25) is 0 Å². The number of hydrogen-bond acceptors (Lipinski definition) is 5. The fourth-order valence-corrected chi connectivity index (χ4v) is 3.58. The van der Waals surface area contributed by atoms with E-state index in [9.17, 15) is 4.79 Å². The molecule has 30 heavy (non-hydrogen) atoms. The number of carbonyl (C=O) groups is 1. The molecule has 0 aliphatic heterocycles. The molecule has 0 spiro atoms. The Bertz CT molecular complexity index is 1020. The normalized spacial score (nSPS) is 12.5. The molecule has 0 radical (unpaired) electrons.